The Morgan fingerprint density at radius 3 is 2.76 bits per heavy atom. The molecule has 3 atom stereocenters. The monoisotopic (exact) mass is 325 g/mol. The lowest BCUT2D eigenvalue weighted by Gasteiger charge is -2.18. The van der Waals surface area contributed by atoms with Crippen LogP contribution in [0.2, 0.25) is 5.02 Å². The Labute approximate surface area is 134 Å². The first-order chi connectivity index (χ1) is 10.1. The standard InChI is InChI=1S/C16H20ClNO2S/c17-13-4-1-11(2-5-13)9-21-10-16(20)18-7-12-3-6-15(19)14(12)8-18/h1-2,4-5,12,14-15,19H,3,6-10H2. The van der Waals surface area contributed by atoms with Gasteiger partial charge < -0.3 is 10.0 Å². The quantitative estimate of drug-likeness (QED) is 0.925. The molecule has 2 fully saturated rings. The first-order valence-electron chi connectivity index (χ1n) is 7.41. The topological polar surface area (TPSA) is 40.5 Å². The van der Waals surface area contributed by atoms with Crippen LogP contribution >= 0.6 is 23.4 Å². The third-order valence-corrected chi connectivity index (χ3v) is 5.82. The number of amides is 1. The summed E-state index contributed by atoms with van der Waals surface area (Å²) in [5, 5.41) is 10.6. The SMILES string of the molecule is O=C(CSCc1ccc(Cl)cc1)N1CC2CCC(O)C2C1. The Morgan fingerprint density at radius 2 is 2.05 bits per heavy atom. The van der Waals surface area contributed by atoms with Crippen molar-refractivity contribution in [2.24, 2.45) is 11.8 Å². The van der Waals surface area contributed by atoms with Gasteiger partial charge in [-0.05, 0) is 36.5 Å². The predicted octanol–water partition coefficient (Wildman–Crippen LogP) is 2.80. The number of fused-ring (bicyclic) bond motifs is 1. The number of thioether (sulfide) groups is 1. The molecule has 21 heavy (non-hydrogen) atoms. The summed E-state index contributed by atoms with van der Waals surface area (Å²) < 4.78 is 0. The second kappa shape index (κ2) is 6.59. The maximum Gasteiger partial charge on any atom is 0.232 e. The molecule has 114 valence electrons. The van der Waals surface area contributed by atoms with E-state index in [1.165, 1.54) is 5.56 Å². The van der Waals surface area contributed by atoms with E-state index in [1.807, 2.05) is 29.2 Å². The molecule has 1 aromatic carbocycles. The first-order valence-corrected chi connectivity index (χ1v) is 8.95. The average Bonchev–Trinajstić information content (AvgIpc) is 3.04. The number of likely N-dealkylation sites (tertiary alicyclic amines) is 1. The number of aliphatic hydroxyl groups excluding tert-OH is 1. The van der Waals surface area contributed by atoms with Crippen molar-refractivity contribution in [3.63, 3.8) is 0 Å². The zero-order valence-corrected chi connectivity index (χ0v) is 13.4. The highest BCUT2D eigenvalue weighted by Crippen LogP contribution is 2.38. The van der Waals surface area contributed by atoms with E-state index in [-0.39, 0.29) is 12.0 Å². The minimum atomic E-state index is -0.200. The number of carbonyl (C=O) groups excluding carboxylic acids is 1. The van der Waals surface area contributed by atoms with Gasteiger partial charge in [0.2, 0.25) is 5.91 Å². The van der Waals surface area contributed by atoms with Gasteiger partial charge >= 0.3 is 0 Å². The maximum absolute atomic E-state index is 12.2. The van der Waals surface area contributed by atoms with Crippen LogP contribution in [0, 0.1) is 11.8 Å². The van der Waals surface area contributed by atoms with Crippen molar-refractivity contribution >= 4 is 29.3 Å². The zero-order valence-electron chi connectivity index (χ0n) is 11.9. The number of rotatable bonds is 4. The molecule has 2 aliphatic rings. The summed E-state index contributed by atoms with van der Waals surface area (Å²) in [6.45, 7) is 1.58. The summed E-state index contributed by atoms with van der Waals surface area (Å²) in [5.74, 6) is 2.38. The highest BCUT2D eigenvalue weighted by Gasteiger charge is 2.42. The van der Waals surface area contributed by atoms with Crippen LogP contribution in [0.1, 0.15) is 18.4 Å². The molecular weight excluding hydrogens is 306 g/mol. The molecule has 5 heteroatoms. The van der Waals surface area contributed by atoms with E-state index in [4.69, 9.17) is 11.6 Å². The van der Waals surface area contributed by atoms with Gasteiger partial charge in [0.25, 0.3) is 0 Å². The van der Waals surface area contributed by atoms with E-state index >= 15 is 0 Å². The highest BCUT2D eigenvalue weighted by molar-refractivity contribution is 7.99. The summed E-state index contributed by atoms with van der Waals surface area (Å²) in [6.07, 6.45) is 1.77. The number of aliphatic hydroxyl groups is 1. The van der Waals surface area contributed by atoms with Gasteiger partial charge in [0.1, 0.15) is 0 Å². The van der Waals surface area contributed by atoms with Gasteiger partial charge in [-0.25, -0.2) is 0 Å². The molecule has 0 spiro atoms. The molecule has 0 aromatic heterocycles. The number of nitrogens with zero attached hydrogens (tertiary/aromatic N) is 1. The molecule has 0 radical (unpaired) electrons. The minimum absolute atomic E-state index is 0.200. The number of benzene rings is 1. The molecule has 1 aromatic rings. The molecule has 3 rings (SSSR count). The van der Waals surface area contributed by atoms with Crippen LogP contribution in [0.15, 0.2) is 24.3 Å². The van der Waals surface area contributed by atoms with E-state index in [0.717, 1.165) is 36.7 Å². The number of carbonyl (C=O) groups is 1. The lowest BCUT2D eigenvalue weighted by molar-refractivity contribution is -0.127. The zero-order chi connectivity index (χ0) is 14.8. The minimum Gasteiger partial charge on any atom is -0.393 e. The van der Waals surface area contributed by atoms with Crippen molar-refractivity contribution in [3.8, 4) is 0 Å². The molecule has 3 nitrogen and oxygen atoms in total. The lowest BCUT2D eigenvalue weighted by atomic mass is 10.00. The van der Waals surface area contributed by atoms with Crippen molar-refractivity contribution < 1.29 is 9.90 Å². The average molecular weight is 326 g/mol. The summed E-state index contributed by atoms with van der Waals surface area (Å²) in [4.78, 5) is 14.2. The summed E-state index contributed by atoms with van der Waals surface area (Å²) in [5.41, 5.74) is 1.19. The van der Waals surface area contributed by atoms with Crippen LogP contribution in [0.25, 0.3) is 0 Å². The van der Waals surface area contributed by atoms with Gasteiger partial charge in [0, 0.05) is 29.8 Å². The Kier molecular flexibility index (Phi) is 4.77. The third-order valence-electron chi connectivity index (χ3n) is 4.58. The fraction of sp³-hybridized carbons (Fsp3) is 0.562. The second-order valence-electron chi connectivity index (χ2n) is 5.99. The highest BCUT2D eigenvalue weighted by atomic mass is 35.5. The lowest BCUT2D eigenvalue weighted by Crippen LogP contribution is -2.32. The van der Waals surface area contributed by atoms with Gasteiger partial charge in [-0.1, -0.05) is 23.7 Å². The Bertz CT molecular complexity index is 508. The largest absolute Gasteiger partial charge is 0.393 e. The Balaban J connectivity index is 1.44. The second-order valence-corrected chi connectivity index (χ2v) is 7.41. The number of hydrogen-bond acceptors (Lipinski definition) is 3. The molecule has 1 heterocycles. The Hall–Kier alpha value is -0.710. The predicted molar refractivity (Wildman–Crippen MR) is 86.4 cm³/mol. The van der Waals surface area contributed by atoms with Crippen molar-refractivity contribution in [2.45, 2.75) is 24.7 Å². The number of hydrogen-bond donors (Lipinski definition) is 1. The summed E-state index contributed by atoms with van der Waals surface area (Å²) in [7, 11) is 0. The summed E-state index contributed by atoms with van der Waals surface area (Å²) >= 11 is 7.49. The molecule has 1 saturated carbocycles. The van der Waals surface area contributed by atoms with Crippen LogP contribution in [0.5, 0.6) is 0 Å². The van der Waals surface area contributed by atoms with Crippen LogP contribution in [-0.4, -0.2) is 40.9 Å². The fourth-order valence-corrected chi connectivity index (χ4v) is 4.38. The Morgan fingerprint density at radius 1 is 1.29 bits per heavy atom. The maximum atomic E-state index is 12.2. The number of halogens is 1. The molecule has 1 aliphatic carbocycles. The third kappa shape index (κ3) is 3.55. The van der Waals surface area contributed by atoms with Crippen LogP contribution in [-0.2, 0) is 10.5 Å². The van der Waals surface area contributed by atoms with Gasteiger partial charge in [-0.15, -0.1) is 11.8 Å². The molecule has 1 amide bonds. The van der Waals surface area contributed by atoms with Gasteiger partial charge in [0.05, 0.1) is 11.9 Å². The smallest absolute Gasteiger partial charge is 0.232 e. The van der Waals surface area contributed by atoms with E-state index in [0.29, 0.717) is 17.6 Å². The van der Waals surface area contributed by atoms with E-state index in [9.17, 15) is 9.90 Å². The molecule has 3 unspecified atom stereocenters. The molecule has 1 N–H and O–H groups in total. The van der Waals surface area contributed by atoms with E-state index < -0.39 is 0 Å². The van der Waals surface area contributed by atoms with Crippen LogP contribution in [0.4, 0.5) is 0 Å². The van der Waals surface area contributed by atoms with Crippen molar-refractivity contribution in [3.05, 3.63) is 34.9 Å². The molecule has 1 aliphatic heterocycles. The van der Waals surface area contributed by atoms with Crippen LogP contribution in [0.3, 0.4) is 0 Å². The summed E-state index contributed by atoms with van der Waals surface area (Å²) in [6, 6.07) is 7.75. The molecular formula is C16H20ClNO2S. The van der Waals surface area contributed by atoms with Gasteiger partial charge in [-0.3, -0.25) is 4.79 Å². The molecule has 0 bridgehead atoms. The fourth-order valence-electron chi connectivity index (χ4n) is 3.37. The normalized spacial score (nSPS) is 27.9. The molecule has 1 saturated heterocycles. The van der Waals surface area contributed by atoms with Crippen molar-refractivity contribution in [1.82, 2.24) is 4.90 Å². The van der Waals surface area contributed by atoms with Crippen LogP contribution < -0.4 is 0 Å². The van der Waals surface area contributed by atoms with Crippen molar-refractivity contribution in [2.75, 3.05) is 18.8 Å². The van der Waals surface area contributed by atoms with Gasteiger partial charge in [0.15, 0.2) is 0 Å². The van der Waals surface area contributed by atoms with Crippen molar-refractivity contribution in [1.29, 1.82) is 0 Å². The van der Waals surface area contributed by atoms with Gasteiger partial charge in [-0.2, -0.15) is 0 Å². The van der Waals surface area contributed by atoms with E-state index in [2.05, 4.69) is 0 Å². The van der Waals surface area contributed by atoms with E-state index in [1.54, 1.807) is 11.8 Å². The first kappa shape index (κ1) is 15.2.